The third-order valence-corrected chi connectivity index (χ3v) is 3.68. The molecule has 2 atom stereocenters. The number of fused-ring (bicyclic) bond motifs is 5. The van der Waals surface area contributed by atoms with E-state index in [2.05, 4.69) is 0 Å². The number of ether oxygens (including phenoxy) is 1. The van der Waals surface area contributed by atoms with E-state index in [0.29, 0.717) is 0 Å². The molecule has 1 saturated heterocycles. The predicted octanol–water partition coefficient (Wildman–Crippen LogP) is 3.03. The molecule has 0 spiro atoms. The Morgan fingerprint density at radius 2 is 1.42 bits per heavy atom. The highest BCUT2D eigenvalue weighted by Gasteiger charge is 2.47. The van der Waals surface area contributed by atoms with Crippen LogP contribution in [0, 0.1) is 0 Å². The van der Waals surface area contributed by atoms with Crippen molar-refractivity contribution in [2.45, 2.75) is 12.2 Å². The number of para-hydroxylation sites is 2. The van der Waals surface area contributed by atoms with Crippen LogP contribution in [-0.4, -0.2) is 6.03 Å². The predicted molar refractivity (Wildman–Crippen MR) is 71.2 cm³/mol. The summed E-state index contributed by atoms with van der Waals surface area (Å²) in [5.41, 5.74) is 9.23. The van der Waals surface area contributed by atoms with Crippen molar-refractivity contribution in [3.63, 3.8) is 0 Å². The topological polar surface area (TPSA) is 58.9 Å². The smallest absolute Gasteiger partial charge is 0.323 e. The van der Waals surface area contributed by atoms with Crippen LogP contribution < -0.4 is 10.6 Å². The number of primary amides is 1. The van der Waals surface area contributed by atoms with Crippen LogP contribution in [0.4, 0.5) is 16.2 Å². The van der Waals surface area contributed by atoms with Crippen LogP contribution in [0.2, 0.25) is 0 Å². The van der Waals surface area contributed by atoms with E-state index >= 15 is 0 Å². The summed E-state index contributed by atoms with van der Waals surface area (Å²) in [6, 6.07) is 15.0. The molecule has 2 aromatic rings. The monoisotopic (exact) mass is 252 g/mol. The van der Waals surface area contributed by atoms with E-state index in [0.717, 1.165) is 22.5 Å². The van der Waals surface area contributed by atoms with Crippen molar-refractivity contribution in [2.75, 3.05) is 4.90 Å². The number of hydrogen-bond donors (Lipinski definition) is 1. The van der Waals surface area contributed by atoms with E-state index in [1.807, 2.05) is 48.5 Å². The molecule has 0 aliphatic carbocycles. The quantitative estimate of drug-likeness (QED) is 0.732. The molecule has 2 heterocycles. The Morgan fingerprint density at radius 3 is 1.89 bits per heavy atom. The SMILES string of the molecule is NC(=O)N1c2ccccc2[C@H]2O[C@@H]2c2ccccc21. The molecule has 1 fully saturated rings. The van der Waals surface area contributed by atoms with Crippen molar-refractivity contribution in [2.24, 2.45) is 5.73 Å². The maximum absolute atomic E-state index is 11.9. The Balaban J connectivity index is 2.02. The molecule has 2 aliphatic rings. The lowest BCUT2D eigenvalue weighted by molar-refractivity contribution is 0.256. The fourth-order valence-corrected chi connectivity index (χ4v) is 2.82. The Kier molecular flexibility index (Phi) is 2.00. The second-order valence-electron chi connectivity index (χ2n) is 4.77. The minimum Gasteiger partial charge on any atom is -0.359 e. The zero-order valence-corrected chi connectivity index (χ0v) is 10.1. The lowest BCUT2D eigenvalue weighted by atomic mass is 10.0. The minimum absolute atomic E-state index is 0.0294. The minimum atomic E-state index is -0.471. The van der Waals surface area contributed by atoms with Gasteiger partial charge in [0.15, 0.2) is 0 Å². The van der Waals surface area contributed by atoms with E-state index < -0.39 is 6.03 Å². The van der Waals surface area contributed by atoms with Crippen LogP contribution in [0.3, 0.4) is 0 Å². The summed E-state index contributed by atoms with van der Waals surface area (Å²) in [5.74, 6) is 0. The Morgan fingerprint density at radius 1 is 0.947 bits per heavy atom. The zero-order chi connectivity index (χ0) is 13.0. The van der Waals surface area contributed by atoms with E-state index in [9.17, 15) is 4.79 Å². The van der Waals surface area contributed by atoms with E-state index in [1.54, 1.807) is 4.90 Å². The average Bonchev–Trinajstić information content (AvgIpc) is 3.19. The molecule has 2 aromatic carbocycles. The summed E-state index contributed by atoms with van der Waals surface area (Å²) >= 11 is 0. The highest BCUT2D eigenvalue weighted by atomic mass is 16.6. The lowest BCUT2D eigenvalue weighted by Crippen LogP contribution is -2.32. The molecule has 0 unspecified atom stereocenters. The molecule has 2 aliphatic heterocycles. The van der Waals surface area contributed by atoms with Crippen molar-refractivity contribution in [3.05, 3.63) is 59.7 Å². The molecule has 94 valence electrons. The number of rotatable bonds is 0. The van der Waals surface area contributed by atoms with Crippen LogP contribution in [0.5, 0.6) is 0 Å². The van der Waals surface area contributed by atoms with Gasteiger partial charge in [-0.3, -0.25) is 4.90 Å². The van der Waals surface area contributed by atoms with Crippen molar-refractivity contribution in [1.29, 1.82) is 0 Å². The van der Waals surface area contributed by atoms with Gasteiger partial charge >= 0.3 is 6.03 Å². The van der Waals surface area contributed by atoms with Crippen LogP contribution in [-0.2, 0) is 4.74 Å². The maximum Gasteiger partial charge on any atom is 0.323 e. The number of nitrogens with zero attached hydrogens (tertiary/aromatic N) is 1. The zero-order valence-electron chi connectivity index (χ0n) is 10.1. The van der Waals surface area contributed by atoms with Crippen molar-refractivity contribution in [1.82, 2.24) is 0 Å². The first-order chi connectivity index (χ1) is 9.27. The summed E-state index contributed by atoms with van der Waals surface area (Å²) in [4.78, 5) is 13.4. The van der Waals surface area contributed by atoms with Gasteiger partial charge in [0, 0.05) is 11.1 Å². The fraction of sp³-hybridized carbons (Fsp3) is 0.133. The molecule has 0 radical (unpaired) electrons. The van der Waals surface area contributed by atoms with Gasteiger partial charge in [0.2, 0.25) is 0 Å². The number of amides is 2. The number of nitrogens with two attached hydrogens (primary N) is 1. The van der Waals surface area contributed by atoms with Gasteiger partial charge in [-0.2, -0.15) is 0 Å². The first kappa shape index (κ1) is 10.6. The van der Waals surface area contributed by atoms with Crippen LogP contribution >= 0.6 is 0 Å². The summed E-state index contributed by atoms with van der Waals surface area (Å²) in [6.45, 7) is 0. The van der Waals surface area contributed by atoms with Gasteiger partial charge in [-0.05, 0) is 12.1 Å². The van der Waals surface area contributed by atoms with Crippen molar-refractivity contribution >= 4 is 17.4 Å². The van der Waals surface area contributed by atoms with E-state index in [4.69, 9.17) is 10.5 Å². The van der Waals surface area contributed by atoms with Gasteiger partial charge in [0.1, 0.15) is 12.2 Å². The van der Waals surface area contributed by atoms with Crippen LogP contribution in [0.25, 0.3) is 0 Å². The van der Waals surface area contributed by atoms with Gasteiger partial charge in [0.05, 0.1) is 11.4 Å². The van der Waals surface area contributed by atoms with Crippen LogP contribution in [0.15, 0.2) is 48.5 Å². The number of anilines is 2. The summed E-state index contributed by atoms with van der Waals surface area (Å²) in [6.07, 6.45) is 0.0587. The second kappa shape index (κ2) is 3.59. The average molecular weight is 252 g/mol. The molecule has 0 saturated carbocycles. The molecule has 4 heteroatoms. The van der Waals surface area contributed by atoms with Gasteiger partial charge in [-0.1, -0.05) is 36.4 Å². The van der Waals surface area contributed by atoms with Gasteiger partial charge in [0.25, 0.3) is 0 Å². The highest BCUT2D eigenvalue weighted by molar-refractivity contribution is 6.00. The molecule has 2 amide bonds. The molecule has 0 aromatic heterocycles. The normalized spacial score (nSPS) is 22.8. The number of epoxide rings is 1. The largest absolute Gasteiger partial charge is 0.359 e. The molecular weight excluding hydrogens is 240 g/mol. The summed E-state index contributed by atoms with van der Waals surface area (Å²) in [7, 11) is 0. The third-order valence-electron chi connectivity index (χ3n) is 3.68. The number of carbonyl (C=O) groups excluding carboxylic acids is 1. The molecule has 4 nitrogen and oxygen atoms in total. The lowest BCUT2D eigenvalue weighted by Gasteiger charge is -2.23. The first-order valence-corrected chi connectivity index (χ1v) is 6.20. The van der Waals surface area contributed by atoms with E-state index in [1.165, 1.54) is 0 Å². The number of benzene rings is 2. The van der Waals surface area contributed by atoms with Gasteiger partial charge in [-0.15, -0.1) is 0 Å². The molecule has 0 bridgehead atoms. The van der Waals surface area contributed by atoms with Crippen molar-refractivity contribution < 1.29 is 9.53 Å². The summed E-state index contributed by atoms with van der Waals surface area (Å²) in [5, 5.41) is 0. The van der Waals surface area contributed by atoms with Crippen molar-refractivity contribution in [3.8, 4) is 0 Å². The number of carbonyl (C=O) groups is 1. The third kappa shape index (κ3) is 1.40. The van der Waals surface area contributed by atoms with Crippen LogP contribution in [0.1, 0.15) is 23.3 Å². The van der Waals surface area contributed by atoms with Gasteiger partial charge in [-0.25, -0.2) is 4.79 Å². The Bertz CT molecular complexity index is 632. The number of hydrogen-bond acceptors (Lipinski definition) is 2. The first-order valence-electron chi connectivity index (χ1n) is 6.20. The Hall–Kier alpha value is -2.33. The van der Waals surface area contributed by atoms with E-state index in [-0.39, 0.29) is 12.2 Å². The maximum atomic E-state index is 11.9. The molecule has 19 heavy (non-hydrogen) atoms. The fourth-order valence-electron chi connectivity index (χ4n) is 2.82. The van der Waals surface area contributed by atoms with Gasteiger partial charge < -0.3 is 10.5 Å². The Labute approximate surface area is 110 Å². The summed E-state index contributed by atoms with van der Waals surface area (Å²) < 4.78 is 5.76. The number of urea groups is 1. The molecule has 2 N–H and O–H groups in total. The highest BCUT2D eigenvalue weighted by Crippen LogP contribution is 2.58. The molecular formula is C15H12N2O2. The molecule has 4 rings (SSSR count). The standard InChI is InChI=1S/C15H12N2O2/c16-15(18)17-11-7-3-1-5-9(11)13-14(19-13)10-6-2-4-8-12(10)17/h1-8,13-14H,(H2,16,18)/t13-,14-/m1/s1. The second-order valence-corrected chi connectivity index (χ2v) is 4.77.